The van der Waals surface area contributed by atoms with E-state index in [9.17, 15) is 9.59 Å². The van der Waals surface area contributed by atoms with Gasteiger partial charge in [-0.05, 0) is 24.7 Å². The predicted octanol–water partition coefficient (Wildman–Crippen LogP) is 2.24. The molecule has 0 radical (unpaired) electrons. The highest BCUT2D eigenvalue weighted by Gasteiger charge is 2.34. The Bertz CT molecular complexity index is 411. The van der Waals surface area contributed by atoms with Gasteiger partial charge in [0.1, 0.15) is 0 Å². The van der Waals surface area contributed by atoms with Crippen LogP contribution in [0, 0.1) is 23.7 Å². The molecule has 0 spiro atoms. The number of hydrogen-bond donors (Lipinski definition) is 3. The van der Waals surface area contributed by atoms with E-state index in [0.29, 0.717) is 23.7 Å². The Morgan fingerprint density at radius 1 is 1.13 bits per heavy atom. The van der Waals surface area contributed by atoms with Crippen LogP contribution in [0.1, 0.15) is 53.9 Å². The molecule has 0 rings (SSSR count). The van der Waals surface area contributed by atoms with Gasteiger partial charge < -0.3 is 16.4 Å². The lowest BCUT2D eigenvalue weighted by molar-refractivity contribution is -0.134. The summed E-state index contributed by atoms with van der Waals surface area (Å²) in [6.07, 6.45) is 2.08. The molecule has 23 heavy (non-hydrogen) atoms. The van der Waals surface area contributed by atoms with Gasteiger partial charge in [0, 0.05) is 18.9 Å². The monoisotopic (exact) mass is 343 g/mol. The zero-order chi connectivity index (χ0) is 18.2. The second-order valence-corrected chi connectivity index (χ2v) is 7.32. The van der Waals surface area contributed by atoms with Gasteiger partial charge in [0.15, 0.2) is 0 Å². The fourth-order valence-electron chi connectivity index (χ4n) is 2.77. The first kappa shape index (κ1) is 21.8. The van der Waals surface area contributed by atoms with E-state index >= 15 is 0 Å². The van der Waals surface area contributed by atoms with E-state index < -0.39 is 17.7 Å². The molecule has 0 fully saturated rings. The van der Waals surface area contributed by atoms with Crippen molar-refractivity contribution < 1.29 is 9.59 Å². The third-order valence-corrected chi connectivity index (χ3v) is 4.46. The van der Waals surface area contributed by atoms with E-state index in [4.69, 9.17) is 18.0 Å². The minimum absolute atomic E-state index is 0.132. The van der Waals surface area contributed by atoms with Crippen molar-refractivity contribution in [2.24, 2.45) is 29.4 Å². The highest BCUT2D eigenvalue weighted by Crippen LogP contribution is 2.25. The molecule has 3 atom stereocenters. The molecule has 0 aliphatic carbocycles. The third kappa shape index (κ3) is 7.29. The first-order valence-electron chi connectivity index (χ1n) is 8.46. The number of carbonyl (C=O) groups is 2. The molecule has 2 amide bonds. The molecule has 5 nitrogen and oxygen atoms in total. The third-order valence-electron chi connectivity index (χ3n) is 4.01. The van der Waals surface area contributed by atoms with Gasteiger partial charge in [-0.3, -0.25) is 9.59 Å². The topological polar surface area (TPSA) is 84.2 Å². The van der Waals surface area contributed by atoms with E-state index in [1.165, 1.54) is 0 Å². The molecule has 134 valence electrons. The molecule has 4 N–H and O–H groups in total. The molecule has 0 aromatic heterocycles. The summed E-state index contributed by atoms with van der Waals surface area (Å²) in [7, 11) is 1.75. The van der Waals surface area contributed by atoms with Crippen molar-refractivity contribution in [3.8, 4) is 0 Å². The van der Waals surface area contributed by atoms with Crippen molar-refractivity contribution in [2.45, 2.75) is 59.9 Å². The van der Waals surface area contributed by atoms with Crippen molar-refractivity contribution in [1.29, 1.82) is 0 Å². The largest absolute Gasteiger partial charge is 0.381 e. The summed E-state index contributed by atoms with van der Waals surface area (Å²) in [6, 6.07) is -0.243. The van der Waals surface area contributed by atoms with Gasteiger partial charge in [0.05, 0.1) is 11.0 Å². The van der Waals surface area contributed by atoms with Crippen LogP contribution in [-0.2, 0) is 9.59 Å². The maximum absolute atomic E-state index is 12.8. The summed E-state index contributed by atoms with van der Waals surface area (Å²) in [5, 5.41) is 5.95. The highest BCUT2D eigenvalue weighted by atomic mass is 32.1. The second-order valence-electron chi connectivity index (χ2n) is 6.88. The van der Waals surface area contributed by atoms with Gasteiger partial charge in [0.2, 0.25) is 11.8 Å². The lowest BCUT2D eigenvalue weighted by Crippen LogP contribution is -2.51. The summed E-state index contributed by atoms with van der Waals surface area (Å²) < 4.78 is 0. The molecule has 0 aromatic rings. The van der Waals surface area contributed by atoms with Gasteiger partial charge in [-0.1, -0.05) is 53.3 Å². The highest BCUT2D eigenvalue weighted by molar-refractivity contribution is 7.80. The van der Waals surface area contributed by atoms with Crippen molar-refractivity contribution in [3.05, 3.63) is 0 Å². The van der Waals surface area contributed by atoms with Gasteiger partial charge in [-0.15, -0.1) is 0 Å². The van der Waals surface area contributed by atoms with Crippen LogP contribution in [0.25, 0.3) is 0 Å². The SMILES string of the molecule is CCC[C@H](C(N)=O)[C@@H](CC(C)C)C(=O)N[C@H](C(=S)NC)C(C)C. The maximum Gasteiger partial charge on any atom is 0.224 e. The molecule has 6 heteroatoms. The molecule has 0 saturated carbocycles. The van der Waals surface area contributed by atoms with E-state index in [2.05, 4.69) is 10.6 Å². The minimum atomic E-state index is -0.432. The molecule has 0 unspecified atom stereocenters. The molecule has 0 aliphatic rings. The van der Waals surface area contributed by atoms with Crippen LogP contribution in [0.2, 0.25) is 0 Å². The summed E-state index contributed by atoms with van der Waals surface area (Å²) in [6.45, 7) is 10.1. The zero-order valence-corrected chi connectivity index (χ0v) is 16.1. The van der Waals surface area contributed by atoms with Gasteiger partial charge in [-0.2, -0.15) is 0 Å². The molecular weight excluding hydrogens is 310 g/mol. The average molecular weight is 344 g/mol. The number of thiocarbonyl (C=S) groups is 1. The van der Waals surface area contributed by atoms with Crippen molar-refractivity contribution in [1.82, 2.24) is 10.6 Å². The summed E-state index contributed by atoms with van der Waals surface area (Å²) >= 11 is 5.30. The van der Waals surface area contributed by atoms with Crippen LogP contribution < -0.4 is 16.4 Å². The molecular formula is C17H33N3O2S. The quantitative estimate of drug-likeness (QED) is 0.531. The number of primary amides is 1. The van der Waals surface area contributed by atoms with Gasteiger partial charge in [-0.25, -0.2) is 0 Å². The number of amides is 2. The Hall–Kier alpha value is -1.17. The number of likely N-dealkylation sites (N-methyl/N-ethyl adjacent to an activating group) is 1. The Labute approximate surface area is 146 Å². The van der Waals surface area contributed by atoms with Crippen LogP contribution >= 0.6 is 12.2 Å². The smallest absolute Gasteiger partial charge is 0.224 e. The lowest BCUT2D eigenvalue weighted by atomic mass is 9.81. The average Bonchev–Trinajstić information content (AvgIpc) is 2.46. The fourth-order valence-corrected chi connectivity index (χ4v) is 3.10. The van der Waals surface area contributed by atoms with Crippen LogP contribution in [-0.4, -0.2) is 29.9 Å². The van der Waals surface area contributed by atoms with Crippen LogP contribution in [0.4, 0.5) is 0 Å². The normalized spacial score (nSPS) is 15.1. The van der Waals surface area contributed by atoms with E-state index in [0.717, 1.165) is 6.42 Å². The Kier molecular flexibility index (Phi) is 10.0. The molecule has 0 saturated heterocycles. The molecule has 0 heterocycles. The Morgan fingerprint density at radius 2 is 1.70 bits per heavy atom. The van der Waals surface area contributed by atoms with E-state index in [-0.39, 0.29) is 17.9 Å². The summed E-state index contributed by atoms with van der Waals surface area (Å²) in [5.41, 5.74) is 5.56. The summed E-state index contributed by atoms with van der Waals surface area (Å²) in [5.74, 6) is -0.904. The first-order valence-corrected chi connectivity index (χ1v) is 8.87. The van der Waals surface area contributed by atoms with Crippen molar-refractivity contribution in [2.75, 3.05) is 7.05 Å². The van der Waals surface area contributed by atoms with Crippen LogP contribution in [0.15, 0.2) is 0 Å². The Balaban J connectivity index is 5.33. The molecule has 0 bridgehead atoms. The fraction of sp³-hybridized carbons (Fsp3) is 0.824. The zero-order valence-electron chi connectivity index (χ0n) is 15.3. The number of rotatable bonds is 10. The second kappa shape index (κ2) is 10.6. The first-order chi connectivity index (χ1) is 10.6. The summed E-state index contributed by atoms with van der Waals surface area (Å²) in [4.78, 5) is 25.3. The Morgan fingerprint density at radius 3 is 2.04 bits per heavy atom. The number of nitrogens with one attached hydrogen (secondary N) is 2. The minimum Gasteiger partial charge on any atom is -0.381 e. The predicted molar refractivity (Wildman–Crippen MR) is 99.0 cm³/mol. The van der Waals surface area contributed by atoms with Gasteiger partial charge >= 0.3 is 0 Å². The van der Waals surface area contributed by atoms with Crippen molar-refractivity contribution >= 4 is 29.0 Å². The number of hydrogen-bond acceptors (Lipinski definition) is 3. The van der Waals surface area contributed by atoms with Crippen molar-refractivity contribution in [3.63, 3.8) is 0 Å². The standard InChI is InChI=1S/C17H33N3O2S/c1-7-8-12(15(18)21)13(9-10(2)3)16(22)20-14(11(4)5)17(23)19-6/h10-14H,7-9H2,1-6H3,(H2,18,21)(H,19,23)(H,20,22)/t12-,13+,14-/m0/s1. The van der Waals surface area contributed by atoms with Crippen LogP contribution in [0.5, 0.6) is 0 Å². The lowest BCUT2D eigenvalue weighted by Gasteiger charge is -2.29. The van der Waals surface area contributed by atoms with E-state index in [1.54, 1.807) is 7.05 Å². The van der Waals surface area contributed by atoms with Gasteiger partial charge in [0.25, 0.3) is 0 Å². The molecule has 0 aromatic carbocycles. The maximum atomic E-state index is 12.8. The number of nitrogens with two attached hydrogens (primary N) is 1. The number of carbonyl (C=O) groups excluding carboxylic acids is 2. The van der Waals surface area contributed by atoms with Crippen LogP contribution in [0.3, 0.4) is 0 Å². The molecule has 0 aliphatic heterocycles. The van der Waals surface area contributed by atoms with E-state index in [1.807, 2.05) is 34.6 Å².